The molecule has 0 saturated carbocycles. The minimum Gasteiger partial charge on any atom is -0.479 e. The Bertz CT molecular complexity index is 4620. The van der Waals surface area contributed by atoms with E-state index in [9.17, 15) is 181 Å². The van der Waals surface area contributed by atoms with Gasteiger partial charge in [0.05, 0.1) is 19.8 Å². The van der Waals surface area contributed by atoms with Gasteiger partial charge < -0.3 is 67.4 Å². The number of aliphatic hydroxyl groups is 1. The zero-order chi connectivity index (χ0) is 83.0. The number of hydrogen-bond acceptors (Lipinski definition) is 50. The lowest BCUT2D eigenvalue weighted by molar-refractivity contribution is -0.382. The first-order chi connectivity index (χ1) is 48.4. The first-order valence-electron chi connectivity index (χ1n) is 26.3. The molecule has 25 atom stereocenters. The average Bonchev–Trinajstić information content (AvgIpc) is 0.755. The molecule has 5 heterocycles. The topological polar surface area (TPSA) is 960 Å². The van der Waals surface area contributed by atoms with Crippen LogP contribution in [-0.4, -0.2) is 370 Å². The van der Waals surface area contributed by atoms with Crippen LogP contribution in [-0.2, 0) is 237 Å². The van der Waals surface area contributed by atoms with Crippen molar-refractivity contribution in [1.82, 2.24) is 0 Å². The van der Waals surface area contributed by atoms with Gasteiger partial charge in [-0.3, -0.25) is 54.6 Å². The van der Waals surface area contributed by atoms with Crippen LogP contribution >= 0.6 is 0 Å². The predicted octanol–water partition coefficient (Wildman–Crippen LogP) is -12.5. The van der Waals surface area contributed by atoms with E-state index in [4.69, 9.17) is 52.1 Å². The standard InChI is InChI=1S/C32H52O64S12/c1-74-12-14(19(26(33)34)86-31(22(12)93-105(62,63)64)82-9-6(3-76-97(38,39)40)79-28(37)21(92-104(59,60)61)16(9)89-101(50,51)52)84-29-24(95-107(68,69)70)17(90-102(53,54)55)10(7(80-29)4-77-98(41,42)43)83-32-23(94-106(65,66)67)13(75-2)15(20(87-32)27(35)36)85-30-25(96-108(71,72)73)18(91-103(56,57)58)11(88-100(47,48)49)8(81-30)5-78-99(44,45)46/h6-25,28-32,37H,3-5H2,1-2H3,(H,33,34)(H,35,36)(H,38,39,40)(H,41,42,43)(H,44,45,46)(H,47,48,49)(H,50,51,52)(H,53,54,55)(H,56,57,58)(H,59,60,61)(H,62,63,64)(H,65,66,67)(H,68,69,70)(H,71,72,73)/t6-,7-,8-,9-,10-,11-,12+,13+,14+,15+,16+,17+,18+,19-,20+,21-,22-,23-,24-,25-,28+,29-,30-,31-,32-/m1/s1. The number of rotatable bonds is 39. The molecule has 64 nitrogen and oxygen atoms in total. The third-order valence-corrected chi connectivity index (χ3v) is 18.7. The number of carbonyl (C=O) groups is 2. The van der Waals surface area contributed by atoms with Gasteiger partial charge in [-0.2, -0.15) is 101 Å². The Labute approximate surface area is 603 Å². The van der Waals surface area contributed by atoms with E-state index in [1.807, 2.05) is 0 Å². The summed E-state index contributed by atoms with van der Waals surface area (Å²) in [5.41, 5.74) is 0. The summed E-state index contributed by atoms with van der Waals surface area (Å²) in [5, 5.41) is 31.9. The van der Waals surface area contributed by atoms with Crippen molar-refractivity contribution in [1.29, 1.82) is 0 Å². The van der Waals surface area contributed by atoms with E-state index in [0.717, 1.165) is 0 Å². The molecular weight excluding hydrogens is 1790 g/mol. The van der Waals surface area contributed by atoms with Crippen molar-refractivity contribution >= 4 is 137 Å². The first kappa shape index (κ1) is 95.5. The summed E-state index contributed by atoms with van der Waals surface area (Å²) in [5.74, 6) is -5.38. The van der Waals surface area contributed by atoms with Crippen molar-refractivity contribution in [2.24, 2.45) is 0 Å². The summed E-state index contributed by atoms with van der Waals surface area (Å²) in [6.45, 7) is -6.23. The van der Waals surface area contributed by atoms with Crippen LogP contribution in [0.4, 0.5) is 0 Å². The Morgan fingerprint density at radius 1 is 0.259 bits per heavy atom. The van der Waals surface area contributed by atoms with Gasteiger partial charge in [0.15, 0.2) is 74.2 Å². The van der Waals surface area contributed by atoms with Crippen LogP contribution in [0.15, 0.2) is 0 Å². The third-order valence-electron chi connectivity index (χ3n) is 13.2. The van der Waals surface area contributed by atoms with Crippen LogP contribution in [0.2, 0.25) is 0 Å². The summed E-state index contributed by atoms with van der Waals surface area (Å²) in [7, 11) is -74.8. The Morgan fingerprint density at radius 2 is 0.463 bits per heavy atom. The molecule has 0 amide bonds. The normalized spacial score (nSPS) is 35.0. The van der Waals surface area contributed by atoms with Gasteiger partial charge in [0, 0.05) is 14.2 Å². The molecule has 5 aliphatic rings. The van der Waals surface area contributed by atoms with Crippen LogP contribution in [0.3, 0.4) is 0 Å². The number of hydrogen-bond donors (Lipinski definition) is 15. The third kappa shape index (κ3) is 30.3. The zero-order valence-corrected chi connectivity index (χ0v) is 61.0. The highest BCUT2D eigenvalue weighted by Gasteiger charge is 2.64. The molecule has 0 aromatic heterocycles. The molecule has 636 valence electrons. The first-order valence-corrected chi connectivity index (χ1v) is 42.7. The molecule has 0 spiro atoms. The van der Waals surface area contributed by atoms with Crippen molar-refractivity contribution in [3.05, 3.63) is 0 Å². The van der Waals surface area contributed by atoms with Crippen molar-refractivity contribution in [3.63, 3.8) is 0 Å². The van der Waals surface area contributed by atoms with Crippen molar-refractivity contribution in [3.8, 4) is 0 Å². The summed E-state index contributed by atoms with van der Waals surface area (Å²) in [6.07, 6.45) is -83.6. The molecule has 76 heteroatoms. The molecule has 5 rings (SSSR count). The van der Waals surface area contributed by atoms with Crippen LogP contribution in [0, 0.1) is 0 Å². The lowest BCUT2D eigenvalue weighted by atomic mass is 9.95. The molecule has 0 aromatic carbocycles. The highest BCUT2D eigenvalue weighted by molar-refractivity contribution is 7.83. The SMILES string of the molecule is CO[C@@H]1[C@@H](OS(=O)(=O)O)[C@H](O[C@H]2[C@H](OS(=O)(=O)O)[C@@H](OS(=O)(=O)O)[C@@H](O[C@H]3[C@H](OC)[C@@H](OS(=O)(=O)O)[C@H](O[C@H]4[C@H](OS(=O)(=O)O)[C@@H](OS(=O)(=O)O)[C@@H](O)O[C@@H]4COS(=O)(=O)O)O[C@H]3C(=O)O)O[C@@H]2COS(=O)(=O)O)O[C@H](C(=O)O)[C@H]1O[C@H]1O[C@H](COS(=O)(=O)O)[C@@H](OS(=O)(=O)O)[C@H](OS(=O)(=O)O)[C@H]1OS(=O)(=O)O. The van der Waals surface area contributed by atoms with Gasteiger partial charge in [-0.05, 0) is 0 Å². The van der Waals surface area contributed by atoms with Gasteiger partial charge in [-0.25, -0.2) is 59.8 Å². The van der Waals surface area contributed by atoms with E-state index in [1.54, 1.807) is 0 Å². The highest BCUT2D eigenvalue weighted by atomic mass is 32.3. The van der Waals surface area contributed by atoms with Gasteiger partial charge in [-0.1, -0.05) is 0 Å². The molecule has 5 aliphatic heterocycles. The Balaban J connectivity index is 1.76. The quantitative estimate of drug-likeness (QED) is 0.0254. The number of carboxylic acids is 2. The second kappa shape index (κ2) is 35.6. The Kier molecular flexibility index (Phi) is 31.4. The molecule has 108 heavy (non-hydrogen) atoms. The summed E-state index contributed by atoms with van der Waals surface area (Å²) in [6, 6.07) is 0. The largest absolute Gasteiger partial charge is 0.479 e. The molecule has 0 aromatic rings. The fourth-order valence-electron chi connectivity index (χ4n) is 9.98. The number of ether oxygens (including phenoxy) is 11. The Hall–Kier alpha value is -3.10. The van der Waals surface area contributed by atoms with Crippen molar-refractivity contribution < 1.29 is 283 Å². The Morgan fingerprint density at radius 3 is 0.722 bits per heavy atom. The van der Waals surface area contributed by atoms with Gasteiger partial charge in [0.1, 0.15) is 79.4 Å². The molecule has 0 unspecified atom stereocenters. The lowest BCUT2D eigenvalue weighted by Crippen LogP contribution is -2.70. The molecule has 0 bridgehead atoms. The maximum atomic E-state index is 13.3. The van der Waals surface area contributed by atoms with E-state index >= 15 is 0 Å². The second-order valence-corrected chi connectivity index (χ2v) is 33.2. The van der Waals surface area contributed by atoms with Gasteiger partial charge >= 0.3 is 137 Å². The fourth-order valence-corrected chi connectivity index (χ4v) is 15.3. The van der Waals surface area contributed by atoms with E-state index in [2.05, 4.69) is 50.2 Å². The van der Waals surface area contributed by atoms with Crippen molar-refractivity contribution in [2.75, 3.05) is 34.0 Å². The number of aliphatic carboxylic acids is 2. The van der Waals surface area contributed by atoms with Crippen molar-refractivity contribution in [2.45, 2.75) is 154 Å². The maximum absolute atomic E-state index is 13.3. The zero-order valence-electron chi connectivity index (χ0n) is 51.2. The average molecular weight is 1850 g/mol. The number of methoxy groups -OCH3 is 2. The molecule has 0 radical (unpaired) electrons. The van der Waals surface area contributed by atoms with Crippen LogP contribution in [0.25, 0.3) is 0 Å². The number of carboxylic acid groups (broad SMARTS) is 2. The van der Waals surface area contributed by atoms with Gasteiger partial charge in [-0.15, -0.1) is 0 Å². The maximum Gasteiger partial charge on any atom is 0.397 e. The van der Waals surface area contributed by atoms with Crippen LogP contribution in [0.1, 0.15) is 0 Å². The summed E-state index contributed by atoms with van der Waals surface area (Å²) >= 11 is 0. The fraction of sp³-hybridized carbons (Fsp3) is 0.938. The van der Waals surface area contributed by atoms with E-state index < -0.39 is 310 Å². The molecule has 15 N–H and O–H groups in total. The lowest BCUT2D eigenvalue weighted by Gasteiger charge is -2.50. The smallest absolute Gasteiger partial charge is 0.397 e. The van der Waals surface area contributed by atoms with E-state index in [0.29, 0.717) is 7.11 Å². The minimum atomic E-state index is -6.66. The van der Waals surface area contributed by atoms with E-state index in [-0.39, 0.29) is 7.11 Å². The molecular formula is C32H52O64S12. The van der Waals surface area contributed by atoms with Crippen LogP contribution < -0.4 is 0 Å². The van der Waals surface area contributed by atoms with Gasteiger partial charge in [0.25, 0.3) is 0 Å². The molecule has 5 saturated heterocycles. The van der Waals surface area contributed by atoms with Crippen LogP contribution in [0.5, 0.6) is 0 Å². The second-order valence-electron chi connectivity index (χ2n) is 20.5. The van der Waals surface area contributed by atoms with E-state index in [1.165, 1.54) is 0 Å². The summed E-state index contributed by atoms with van der Waals surface area (Å²) < 4.78 is 520. The highest BCUT2D eigenvalue weighted by Crippen LogP contribution is 2.42. The predicted molar refractivity (Wildman–Crippen MR) is 302 cm³/mol. The monoisotopic (exact) mass is 1840 g/mol. The molecule has 0 aliphatic carbocycles. The summed E-state index contributed by atoms with van der Waals surface area (Å²) in [4.78, 5) is 26.6. The number of aliphatic hydroxyl groups excluding tert-OH is 1. The van der Waals surface area contributed by atoms with Gasteiger partial charge in [0.2, 0.25) is 0 Å². The minimum absolute atomic E-state index is 0.267. The molecule has 5 fully saturated rings.